The second kappa shape index (κ2) is 6.15. The summed E-state index contributed by atoms with van der Waals surface area (Å²) >= 11 is 0. The molecule has 1 aliphatic heterocycles. The lowest BCUT2D eigenvalue weighted by Crippen LogP contribution is -2.38. The molecular weight excluding hydrogens is 272 g/mol. The maximum atomic E-state index is 5.77. The Morgan fingerprint density at radius 2 is 2.33 bits per heavy atom. The summed E-state index contributed by atoms with van der Waals surface area (Å²) in [5.41, 5.74) is 0.978. The van der Waals surface area contributed by atoms with E-state index in [9.17, 15) is 0 Å². The van der Waals surface area contributed by atoms with Crippen molar-refractivity contribution >= 4 is 0 Å². The number of morpholine rings is 1. The van der Waals surface area contributed by atoms with E-state index in [-0.39, 0.29) is 6.10 Å². The number of aryl methyl sites for hydroxylation is 1. The molecule has 0 aliphatic carbocycles. The molecule has 3 heterocycles. The Kier molecular flexibility index (Phi) is 4.07. The molecule has 1 aliphatic rings. The van der Waals surface area contributed by atoms with Crippen LogP contribution in [0.25, 0.3) is 0 Å². The molecule has 0 spiro atoms. The highest BCUT2D eigenvalue weighted by molar-refractivity contribution is 5.15. The zero-order chi connectivity index (χ0) is 14.7. The van der Waals surface area contributed by atoms with Gasteiger partial charge in [-0.1, -0.05) is 6.07 Å². The lowest BCUT2D eigenvalue weighted by molar-refractivity contribution is -0.0392. The maximum absolute atomic E-state index is 5.77. The van der Waals surface area contributed by atoms with Crippen LogP contribution in [0.15, 0.2) is 18.2 Å². The summed E-state index contributed by atoms with van der Waals surface area (Å²) in [4.78, 5) is 6.72. The summed E-state index contributed by atoms with van der Waals surface area (Å²) in [7, 11) is 3.44. The zero-order valence-corrected chi connectivity index (χ0v) is 12.1. The van der Waals surface area contributed by atoms with Gasteiger partial charge in [-0.3, -0.25) is 4.90 Å². The van der Waals surface area contributed by atoms with Gasteiger partial charge >= 0.3 is 0 Å². The highest BCUT2D eigenvalue weighted by Gasteiger charge is 2.26. The molecule has 3 rings (SSSR count). The van der Waals surface area contributed by atoms with Crippen molar-refractivity contribution < 1.29 is 9.47 Å². The van der Waals surface area contributed by atoms with Gasteiger partial charge < -0.3 is 9.47 Å². The third-order valence-electron chi connectivity index (χ3n) is 3.47. The zero-order valence-electron chi connectivity index (χ0n) is 12.1. The molecule has 0 aromatic carbocycles. The van der Waals surface area contributed by atoms with E-state index in [1.54, 1.807) is 11.8 Å². The Balaban J connectivity index is 1.67. The summed E-state index contributed by atoms with van der Waals surface area (Å²) in [5, 5.41) is 11.5. The van der Waals surface area contributed by atoms with Crippen LogP contribution in [-0.4, -0.2) is 56.9 Å². The van der Waals surface area contributed by atoms with Crippen LogP contribution >= 0.6 is 0 Å². The molecule has 0 amide bonds. The van der Waals surface area contributed by atoms with E-state index < -0.39 is 0 Å². The fourth-order valence-electron chi connectivity index (χ4n) is 2.40. The van der Waals surface area contributed by atoms with Crippen LogP contribution < -0.4 is 4.74 Å². The summed E-state index contributed by atoms with van der Waals surface area (Å²) in [6.07, 6.45) is -0.107. The standard InChI is InChI=1S/C13H18N6O2/c1-18-13(15-16-17-18)11-9-19(6-7-21-11)8-10-4-3-5-12(14-10)20-2/h3-5,11H,6-9H2,1-2H3. The van der Waals surface area contributed by atoms with Gasteiger partial charge in [0.05, 0.1) is 19.4 Å². The van der Waals surface area contributed by atoms with E-state index in [1.165, 1.54) is 0 Å². The highest BCUT2D eigenvalue weighted by Crippen LogP contribution is 2.20. The number of aromatic nitrogens is 5. The van der Waals surface area contributed by atoms with Gasteiger partial charge in [-0.25, -0.2) is 9.67 Å². The number of nitrogens with zero attached hydrogens (tertiary/aromatic N) is 6. The van der Waals surface area contributed by atoms with Crippen LogP contribution in [0.1, 0.15) is 17.6 Å². The van der Waals surface area contributed by atoms with Crippen LogP contribution in [0.2, 0.25) is 0 Å². The maximum Gasteiger partial charge on any atom is 0.213 e. The third-order valence-corrected chi connectivity index (χ3v) is 3.47. The van der Waals surface area contributed by atoms with Gasteiger partial charge in [-0.05, 0) is 16.5 Å². The fourth-order valence-corrected chi connectivity index (χ4v) is 2.40. The number of hydrogen-bond acceptors (Lipinski definition) is 7. The van der Waals surface area contributed by atoms with Crippen molar-refractivity contribution in [2.45, 2.75) is 12.6 Å². The average Bonchev–Trinajstić information content (AvgIpc) is 2.94. The SMILES string of the molecule is COc1cccc(CN2CCOC(c3nnnn3C)C2)n1. The van der Waals surface area contributed by atoms with E-state index in [0.29, 0.717) is 12.5 Å². The van der Waals surface area contributed by atoms with Gasteiger partial charge in [0.15, 0.2) is 5.82 Å². The Morgan fingerprint density at radius 1 is 1.43 bits per heavy atom. The Bertz CT molecular complexity index is 602. The Labute approximate surface area is 122 Å². The molecule has 2 aromatic rings. The van der Waals surface area contributed by atoms with Crippen molar-refractivity contribution in [3.63, 3.8) is 0 Å². The number of tetrazole rings is 1. The minimum Gasteiger partial charge on any atom is -0.481 e. The molecule has 112 valence electrons. The smallest absolute Gasteiger partial charge is 0.213 e. The van der Waals surface area contributed by atoms with E-state index in [4.69, 9.17) is 9.47 Å². The van der Waals surface area contributed by atoms with Crippen molar-refractivity contribution in [2.75, 3.05) is 26.8 Å². The molecule has 0 N–H and O–H groups in total. The minimum absolute atomic E-state index is 0.107. The molecule has 2 aromatic heterocycles. The van der Waals surface area contributed by atoms with Crippen molar-refractivity contribution in [3.05, 3.63) is 29.7 Å². The molecule has 8 heteroatoms. The van der Waals surface area contributed by atoms with Crippen LogP contribution in [0.3, 0.4) is 0 Å². The van der Waals surface area contributed by atoms with E-state index in [0.717, 1.165) is 31.2 Å². The van der Waals surface area contributed by atoms with Gasteiger partial charge in [0, 0.05) is 32.7 Å². The number of hydrogen-bond donors (Lipinski definition) is 0. The van der Waals surface area contributed by atoms with Crippen molar-refractivity contribution in [2.24, 2.45) is 7.05 Å². The van der Waals surface area contributed by atoms with Crippen LogP contribution in [0.4, 0.5) is 0 Å². The minimum atomic E-state index is -0.107. The van der Waals surface area contributed by atoms with Gasteiger partial charge in [0.25, 0.3) is 0 Å². The average molecular weight is 290 g/mol. The summed E-state index contributed by atoms with van der Waals surface area (Å²) < 4.78 is 12.6. The summed E-state index contributed by atoms with van der Waals surface area (Å²) in [5.74, 6) is 1.38. The summed E-state index contributed by atoms with van der Waals surface area (Å²) in [6.45, 7) is 3.01. The molecule has 1 fully saturated rings. The largest absolute Gasteiger partial charge is 0.481 e. The second-order valence-electron chi connectivity index (χ2n) is 4.93. The second-order valence-corrected chi connectivity index (χ2v) is 4.93. The van der Waals surface area contributed by atoms with E-state index in [2.05, 4.69) is 25.4 Å². The number of ether oxygens (including phenoxy) is 2. The van der Waals surface area contributed by atoms with Gasteiger partial charge in [-0.15, -0.1) is 5.10 Å². The first kappa shape index (κ1) is 13.9. The quantitative estimate of drug-likeness (QED) is 0.795. The predicted octanol–water partition coefficient (Wildman–Crippen LogP) is 0.187. The summed E-state index contributed by atoms with van der Waals surface area (Å²) in [6, 6.07) is 5.79. The third kappa shape index (κ3) is 3.17. The van der Waals surface area contributed by atoms with Gasteiger partial charge in [0.1, 0.15) is 6.10 Å². The first-order valence-electron chi connectivity index (χ1n) is 6.82. The van der Waals surface area contributed by atoms with Crippen molar-refractivity contribution in [1.29, 1.82) is 0 Å². The Hall–Kier alpha value is -2.06. The van der Waals surface area contributed by atoms with Gasteiger partial charge in [-0.2, -0.15) is 0 Å². The first-order chi connectivity index (χ1) is 10.3. The van der Waals surface area contributed by atoms with Crippen LogP contribution in [0, 0.1) is 0 Å². The number of methoxy groups -OCH3 is 1. The van der Waals surface area contributed by atoms with Gasteiger partial charge in [0.2, 0.25) is 5.88 Å². The van der Waals surface area contributed by atoms with E-state index in [1.807, 2.05) is 25.2 Å². The van der Waals surface area contributed by atoms with Crippen LogP contribution in [-0.2, 0) is 18.3 Å². The molecule has 21 heavy (non-hydrogen) atoms. The highest BCUT2D eigenvalue weighted by atomic mass is 16.5. The lowest BCUT2D eigenvalue weighted by Gasteiger charge is -2.31. The predicted molar refractivity (Wildman–Crippen MR) is 73.6 cm³/mol. The first-order valence-corrected chi connectivity index (χ1v) is 6.82. The molecule has 0 radical (unpaired) electrons. The fraction of sp³-hybridized carbons (Fsp3) is 0.538. The van der Waals surface area contributed by atoms with Crippen molar-refractivity contribution in [1.82, 2.24) is 30.1 Å². The molecule has 1 atom stereocenters. The molecular formula is C13H18N6O2. The number of rotatable bonds is 4. The molecule has 0 saturated carbocycles. The molecule has 0 bridgehead atoms. The normalized spacial score (nSPS) is 19.6. The lowest BCUT2D eigenvalue weighted by atomic mass is 10.2. The topological polar surface area (TPSA) is 78.2 Å². The van der Waals surface area contributed by atoms with E-state index >= 15 is 0 Å². The Morgan fingerprint density at radius 3 is 3.10 bits per heavy atom. The van der Waals surface area contributed by atoms with Crippen LogP contribution in [0.5, 0.6) is 5.88 Å². The number of pyridine rings is 1. The van der Waals surface area contributed by atoms with Crippen molar-refractivity contribution in [3.8, 4) is 5.88 Å². The molecule has 1 unspecified atom stereocenters. The molecule has 8 nitrogen and oxygen atoms in total. The monoisotopic (exact) mass is 290 g/mol. The molecule has 1 saturated heterocycles.